The van der Waals surface area contributed by atoms with Crippen molar-refractivity contribution in [1.82, 2.24) is 24.1 Å². The molecule has 0 fully saturated rings. The van der Waals surface area contributed by atoms with Crippen LogP contribution < -0.4 is 16.4 Å². The first-order valence-electron chi connectivity index (χ1n) is 24.9. The first kappa shape index (κ1) is 41.6. The predicted molar refractivity (Wildman–Crippen MR) is 298 cm³/mol. The van der Waals surface area contributed by atoms with Crippen LogP contribution in [-0.4, -0.2) is 30.8 Å². The molecular weight excluding hydrogens is 862 g/mol. The number of fused-ring (bicyclic) bond motifs is 10. The monoisotopic (exact) mass is 911 g/mol. The van der Waals surface area contributed by atoms with Crippen LogP contribution in [0.1, 0.15) is 52.7 Å². The zero-order valence-electron chi connectivity index (χ0n) is 40.8. The standard InChI is InChI=1S/C65H50BN5/c1-64(2,3)46-27-29-54-48(37-46)50-31-43(39-19-11-7-12-20-39)33-52-59(50)70(54)56-35-45(63-68-61(41-23-15-9-16-24-41)67-62(69-63)42-25-17-10-18-26-42)36-57-58(56)66(52)53-34-44(40-21-13-8-14-22-40)32-51-49-38-47(65(4,5)6)28-30-55(49)71(57)60(51)53/h7-38H,1-6H3. The Morgan fingerprint density at radius 2 is 0.704 bits per heavy atom. The summed E-state index contributed by atoms with van der Waals surface area (Å²) in [6.07, 6.45) is 0. The molecule has 71 heavy (non-hydrogen) atoms. The Morgan fingerprint density at radius 1 is 0.338 bits per heavy atom. The Balaban J connectivity index is 1.17. The van der Waals surface area contributed by atoms with Crippen molar-refractivity contribution < 1.29 is 0 Å². The molecule has 3 aromatic heterocycles. The molecule has 5 heterocycles. The number of aromatic nitrogens is 5. The summed E-state index contributed by atoms with van der Waals surface area (Å²) in [5, 5.41) is 5.03. The SMILES string of the molecule is CC(C)(C)c1ccc2c(c1)c1cc(-c3ccccc3)cc3c1n2-c1cc(-c2nc(-c4ccccc4)nc(-c4ccccc4)n2)cc2c1B3c1cc(-c3ccccc3)cc3c4cc(C(C)(C)C)ccc4n-2c13. The van der Waals surface area contributed by atoms with Crippen LogP contribution >= 0.6 is 0 Å². The minimum absolute atomic E-state index is 0.0428. The lowest BCUT2D eigenvalue weighted by atomic mass is 9.34. The first-order valence-corrected chi connectivity index (χ1v) is 24.9. The van der Waals surface area contributed by atoms with Crippen molar-refractivity contribution in [3.63, 3.8) is 0 Å². The van der Waals surface area contributed by atoms with Gasteiger partial charge in [-0.05, 0) is 109 Å². The second kappa shape index (κ2) is 15.1. The van der Waals surface area contributed by atoms with E-state index in [1.165, 1.54) is 93.4 Å². The first-order chi connectivity index (χ1) is 34.5. The van der Waals surface area contributed by atoms with E-state index in [1.807, 2.05) is 36.4 Å². The average Bonchev–Trinajstić information content (AvgIpc) is 3.91. The Labute approximate surface area is 414 Å². The van der Waals surface area contributed by atoms with Gasteiger partial charge in [0.25, 0.3) is 6.71 Å². The minimum Gasteiger partial charge on any atom is -0.310 e. The van der Waals surface area contributed by atoms with Crippen LogP contribution in [-0.2, 0) is 10.8 Å². The van der Waals surface area contributed by atoms with E-state index in [2.05, 4.69) is 208 Å². The third-order valence-electron chi connectivity index (χ3n) is 15.2. The van der Waals surface area contributed by atoms with E-state index in [0.717, 1.165) is 28.1 Å². The molecule has 0 atom stereocenters. The summed E-state index contributed by atoms with van der Waals surface area (Å²) in [5.41, 5.74) is 21.3. The summed E-state index contributed by atoms with van der Waals surface area (Å²) >= 11 is 0. The van der Waals surface area contributed by atoms with E-state index in [0.29, 0.717) is 17.5 Å². The molecule has 2 aliphatic heterocycles. The number of nitrogens with zero attached hydrogens (tertiary/aromatic N) is 5. The lowest BCUT2D eigenvalue weighted by molar-refractivity contribution is 0.591. The molecule has 338 valence electrons. The second-order valence-electron chi connectivity index (χ2n) is 21.7. The van der Waals surface area contributed by atoms with Crippen LogP contribution in [0.2, 0.25) is 0 Å². The molecule has 0 radical (unpaired) electrons. The van der Waals surface area contributed by atoms with Gasteiger partial charge in [-0.1, -0.05) is 187 Å². The quantitative estimate of drug-likeness (QED) is 0.162. The van der Waals surface area contributed by atoms with Crippen LogP contribution in [0.4, 0.5) is 0 Å². The molecule has 0 saturated carbocycles. The zero-order valence-corrected chi connectivity index (χ0v) is 40.8. The summed E-state index contributed by atoms with van der Waals surface area (Å²) in [4.78, 5) is 15.9. The molecule has 0 N–H and O–H groups in total. The molecule has 6 heteroatoms. The van der Waals surface area contributed by atoms with Crippen molar-refractivity contribution in [2.45, 2.75) is 52.4 Å². The Morgan fingerprint density at radius 3 is 1.08 bits per heavy atom. The highest BCUT2D eigenvalue weighted by molar-refractivity contribution is 7.00. The maximum absolute atomic E-state index is 5.37. The number of hydrogen-bond donors (Lipinski definition) is 0. The Kier molecular flexibility index (Phi) is 8.84. The number of hydrogen-bond acceptors (Lipinski definition) is 3. The number of rotatable bonds is 5. The third kappa shape index (κ3) is 6.37. The van der Waals surface area contributed by atoms with Crippen LogP contribution in [0.25, 0.3) is 111 Å². The van der Waals surface area contributed by atoms with Gasteiger partial charge in [0.05, 0.1) is 11.0 Å². The fourth-order valence-corrected chi connectivity index (χ4v) is 11.7. The maximum Gasteiger partial charge on any atom is 0.252 e. The fraction of sp³-hybridized carbons (Fsp3) is 0.123. The highest BCUT2D eigenvalue weighted by Crippen LogP contribution is 2.44. The molecule has 2 aliphatic rings. The molecule has 0 unspecified atom stereocenters. The summed E-state index contributed by atoms with van der Waals surface area (Å²) in [6, 6.07) is 71.5. The molecule has 0 amide bonds. The third-order valence-corrected chi connectivity index (χ3v) is 15.2. The van der Waals surface area contributed by atoms with Crippen LogP contribution in [0.3, 0.4) is 0 Å². The molecule has 0 saturated heterocycles. The minimum atomic E-state index is -0.0951. The lowest BCUT2D eigenvalue weighted by Gasteiger charge is -2.34. The van der Waals surface area contributed by atoms with Crippen molar-refractivity contribution in [1.29, 1.82) is 0 Å². The van der Waals surface area contributed by atoms with Crippen LogP contribution in [0.5, 0.6) is 0 Å². The van der Waals surface area contributed by atoms with Gasteiger partial charge >= 0.3 is 0 Å². The van der Waals surface area contributed by atoms with Crippen LogP contribution in [0.15, 0.2) is 194 Å². The summed E-state index contributed by atoms with van der Waals surface area (Å²) < 4.78 is 5.15. The fourth-order valence-electron chi connectivity index (χ4n) is 11.7. The maximum atomic E-state index is 5.37. The van der Waals surface area contributed by atoms with E-state index >= 15 is 0 Å². The normalized spacial score (nSPS) is 12.9. The van der Waals surface area contributed by atoms with Crippen LogP contribution in [0, 0.1) is 0 Å². The molecule has 0 aliphatic carbocycles. The molecule has 0 bridgehead atoms. The smallest absolute Gasteiger partial charge is 0.252 e. The molecule has 14 rings (SSSR count). The van der Waals surface area contributed by atoms with Crippen molar-refractivity contribution >= 4 is 66.7 Å². The highest BCUT2D eigenvalue weighted by atomic mass is 15.1. The van der Waals surface area contributed by atoms with Gasteiger partial charge in [0.2, 0.25) is 0 Å². The lowest BCUT2D eigenvalue weighted by Crippen LogP contribution is -2.59. The van der Waals surface area contributed by atoms with E-state index in [-0.39, 0.29) is 17.5 Å². The second-order valence-corrected chi connectivity index (χ2v) is 21.7. The summed E-state index contributed by atoms with van der Waals surface area (Å²) in [5.74, 6) is 1.92. The molecule has 5 nitrogen and oxygen atoms in total. The van der Waals surface area contributed by atoms with Gasteiger partial charge < -0.3 is 9.13 Å². The van der Waals surface area contributed by atoms with Gasteiger partial charge in [-0.2, -0.15) is 0 Å². The van der Waals surface area contributed by atoms with Gasteiger partial charge in [0.15, 0.2) is 17.5 Å². The topological polar surface area (TPSA) is 48.5 Å². The van der Waals surface area contributed by atoms with E-state index < -0.39 is 0 Å². The summed E-state index contributed by atoms with van der Waals surface area (Å²) in [6.45, 7) is 13.8. The largest absolute Gasteiger partial charge is 0.310 e. The predicted octanol–water partition coefficient (Wildman–Crippen LogP) is 14.1. The van der Waals surface area contributed by atoms with Crippen molar-refractivity contribution in [2.75, 3.05) is 0 Å². The van der Waals surface area contributed by atoms with Crippen molar-refractivity contribution in [3.05, 3.63) is 205 Å². The molecule has 9 aromatic carbocycles. The Hall–Kier alpha value is -8.35. The van der Waals surface area contributed by atoms with Gasteiger partial charge in [-0.25, -0.2) is 15.0 Å². The van der Waals surface area contributed by atoms with E-state index in [4.69, 9.17) is 15.0 Å². The molecule has 0 spiro atoms. The van der Waals surface area contributed by atoms with E-state index in [9.17, 15) is 0 Å². The molecular formula is C65H50BN5. The van der Waals surface area contributed by atoms with Crippen molar-refractivity contribution in [3.8, 4) is 67.8 Å². The van der Waals surface area contributed by atoms with Crippen molar-refractivity contribution in [2.24, 2.45) is 0 Å². The van der Waals surface area contributed by atoms with E-state index in [1.54, 1.807) is 0 Å². The number of benzene rings is 9. The molecule has 12 aromatic rings. The van der Waals surface area contributed by atoms with Gasteiger partial charge in [0, 0.05) is 60.6 Å². The van der Waals surface area contributed by atoms with Gasteiger partial charge in [0.1, 0.15) is 0 Å². The van der Waals surface area contributed by atoms with Gasteiger partial charge in [-0.3, -0.25) is 0 Å². The highest BCUT2D eigenvalue weighted by Gasteiger charge is 2.42. The average molecular weight is 912 g/mol. The Bertz CT molecular complexity index is 3900. The zero-order chi connectivity index (χ0) is 47.9. The summed E-state index contributed by atoms with van der Waals surface area (Å²) in [7, 11) is 0. The van der Waals surface area contributed by atoms with Gasteiger partial charge in [-0.15, -0.1) is 0 Å².